The van der Waals surface area contributed by atoms with Gasteiger partial charge in [-0.05, 0) is 59.8 Å². The number of halogens is 2. The van der Waals surface area contributed by atoms with Crippen LogP contribution in [-0.4, -0.2) is 15.0 Å². The summed E-state index contributed by atoms with van der Waals surface area (Å²) < 4.78 is 16.1. The first-order valence-corrected chi connectivity index (χ1v) is 10.6. The third-order valence-corrected chi connectivity index (χ3v) is 6.00. The van der Waals surface area contributed by atoms with Gasteiger partial charge in [0.2, 0.25) is 5.91 Å². The molecule has 0 spiro atoms. The van der Waals surface area contributed by atoms with E-state index in [1.807, 2.05) is 0 Å². The summed E-state index contributed by atoms with van der Waals surface area (Å²) in [6.07, 6.45) is 0. The molecule has 2 aromatic heterocycles. The van der Waals surface area contributed by atoms with Crippen LogP contribution in [0.15, 0.2) is 63.5 Å². The van der Waals surface area contributed by atoms with E-state index < -0.39 is 17.1 Å². The number of hydrogen-bond acceptors (Lipinski definition) is 4. The van der Waals surface area contributed by atoms with Gasteiger partial charge in [-0.3, -0.25) is 14.2 Å². The summed E-state index contributed by atoms with van der Waals surface area (Å²) in [6.45, 7) is 1.63. The Bertz CT molecular complexity index is 1410. The summed E-state index contributed by atoms with van der Waals surface area (Å²) in [5, 5.41) is 5.06. The molecule has 0 bridgehead atoms. The molecule has 0 fully saturated rings. The molecule has 1 amide bonds. The topological polar surface area (TPSA) is 73.1 Å². The van der Waals surface area contributed by atoms with Crippen LogP contribution in [0.1, 0.15) is 11.1 Å². The maximum absolute atomic E-state index is 13.5. The number of rotatable bonds is 5. The Hall–Kier alpha value is -3.23. The Morgan fingerprint density at radius 3 is 2.58 bits per heavy atom. The van der Waals surface area contributed by atoms with Gasteiger partial charge in [-0.2, -0.15) is 0 Å². The van der Waals surface area contributed by atoms with Crippen LogP contribution in [-0.2, 0) is 17.9 Å². The van der Waals surface area contributed by atoms with Gasteiger partial charge in [0.25, 0.3) is 5.56 Å². The van der Waals surface area contributed by atoms with Crippen molar-refractivity contribution in [2.45, 2.75) is 20.0 Å². The van der Waals surface area contributed by atoms with E-state index in [9.17, 15) is 18.8 Å². The van der Waals surface area contributed by atoms with Crippen molar-refractivity contribution in [3.63, 3.8) is 0 Å². The number of nitrogens with one attached hydrogen (secondary N) is 1. The van der Waals surface area contributed by atoms with E-state index in [2.05, 4.69) is 5.32 Å². The molecule has 4 rings (SSSR count). The van der Waals surface area contributed by atoms with E-state index in [1.165, 1.54) is 34.1 Å². The average molecular weight is 458 g/mol. The van der Waals surface area contributed by atoms with E-state index in [-0.39, 0.29) is 24.7 Å². The molecular formula is C22H17ClFN3O3S. The number of benzene rings is 2. The zero-order valence-electron chi connectivity index (χ0n) is 16.4. The first-order chi connectivity index (χ1) is 14.8. The SMILES string of the molecule is Cc1cc(F)ccc1-n1c(=O)c2sccc2n(CC(=O)NCc2ccc(Cl)cc2)c1=O. The molecule has 2 aromatic carbocycles. The van der Waals surface area contributed by atoms with Gasteiger partial charge < -0.3 is 5.32 Å². The molecule has 0 radical (unpaired) electrons. The first kappa shape index (κ1) is 21.0. The molecule has 0 aliphatic heterocycles. The van der Waals surface area contributed by atoms with Gasteiger partial charge in [-0.25, -0.2) is 13.8 Å². The van der Waals surface area contributed by atoms with Crippen LogP contribution in [0, 0.1) is 12.7 Å². The molecule has 6 nitrogen and oxygen atoms in total. The molecule has 0 atom stereocenters. The maximum atomic E-state index is 13.5. The smallest absolute Gasteiger partial charge is 0.336 e. The van der Waals surface area contributed by atoms with Crippen LogP contribution >= 0.6 is 22.9 Å². The lowest BCUT2D eigenvalue weighted by Gasteiger charge is -2.14. The number of thiophene rings is 1. The minimum Gasteiger partial charge on any atom is -0.350 e. The highest BCUT2D eigenvalue weighted by molar-refractivity contribution is 7.17. The molecule has 0 unspecified atom stereocenters. The number of carbonyl (C=O) groups excluding carboxylic acids is 1. The van der Waals surface area contributed by atoms with Crippen molar-refractivity contribution in [2.24, 2.45) is 0 Å². The summed E-state index contributed by atoms with van der Waals surface area (Å²) in [5.74, 6) is -0.848. The molecule has 2 heterocycles. The lowest BCUT2D eigenvalue weighted by atomic mass is 10.2. The normalized spacial score (nSPS) is 11.1. The van der Waals surface area contributed by atoms with Gasteiger partial charge in [0, 0.05) is 11.6 Å². The molecule has 4 aromatic rings. The standard InChI is InChI=1S/C22H17ClFN3O3S/c1-13-10-16(24)6-7-17(13)27-21(29)20-18(8-9-31-20)26(22(27)30)12-19(28)25-11-14-2-4-15(23)5-3-14/h2-10H,11-12H2,1H3,(H,25,28). The van der Waals surface area contributed by atoms with Crippen molar-refractivity contribution >= 4 is 39.1 Å². The summed E-state index contributed by atoms with van der Waals surface area (Å²) >= 11 is 7.05. The Kier molecular flexibility index (Phi) is 5.75. The van der Waals surface area contributed by atoms with Crippen LogP contribution < -0.4 is 16.6 Å². The fourth-order valence-corrected chi connectivity index (χ4v) is 4.27. The maximum Gasteiger partial charge on any atom is 0.336 e. The van der Waals surface area contributed by atoms with Crippen molar-refractivity contribution < 1.29 is 9.18 Å². The van der Waals surface area contributed by atoms with E-state index in [0.29, 0.717) is 20.8 Å². The Labute approximate surface area is 185 Å². The second-order valence-electron chi connectivity index (χ2n) is 6.98. The molecule has 0 saturated heterocycles. The third-order valence-electron chi connectivity index (χ3n) is 4.86. The number of amides is 1. The minimum atomic E-state index is -0.660. The van der Waals surface area contributed by atoms with E-state index in [1.54, 1.807) is 42.6 Å². The zero-order chi connectivity index (χ0) is 22.1. The molecule has 9 heteroatoms. The highest BCUT2D eigenvalue weighted by Crippen LogP contribution is 2.18. The molecule has 0 saturated carbocycles. The van der Waals surface area contributed by atoms with E-state index >= 15 is 0 Å². The minimum absolute atomic E-state index is 0.264. The van der Waals surface area contributed by atoms with Crippen LogP contribution in [0.2, 0.25) is 5.02 Å². The van der Waals surface area contributed by atoms with Crippen molar-refractivity contribution in [1.82, 2.24) is 14.5 Å². The Balaban J connectivity index is 1.71. The van der Waals surface area contributed by atoms with Gasteiger partial charge in [-0.1, -0.05) is 23.7 Å². The highest BCUT2D eigenvalue weighted by Gasteiger charge is 2.18. The summed E-state index contributed by atoms with van der Waals surface area (Å²) in [5.41, 5.74) is 0.806. The second kappa shape index (κ2) is 8.49. The lowest BCUT2D eigenvalue weighted by molar-refractivity contribution is -0.121. The molecule has 0 aliphatic rings. The summed E-state index contributed by atoms with van der Waals surface area (Å²) in [6, 6.07) is 12.5. The fourth-order valence-electron chi connectivity index (χ4n) is 3.32. The Morgan fingerprint density at radius 2 is 1.87 bits per heavy atom. The monoisotopic (exact) mass is 457 g/mol. The molecule has 0 aliphatic carbocycles. The number of aryl methyl sites for hydroxylation is 1. The van der Waals surface area contributed by atoms with E-state index in [0.717, 1.165) is 10.1 Å². The summed E-state index contributed by atoms with van der Waals surface area (Å²) in [4.78, 5) is 38.8. The average Bonchev–Trinajstić information content (AvgIpc) is 3.22. The number of fused-ring (bicyclic) bond motifs is 1. The number of carbonyl (C=O) groups is 1. The van der Waals surface area contributed by atoms with Crippen LogP contribution in [0.4, 0.5) is 4.39 Å². The van der Waals surface area contributed by atoms with Crippen molar-refractivity contribution in [1.29, 1.82) is 0 Å². The zero-order valence-corrected chi connectivity index (χ0v) is 18.0. The third kappa shape index (κ3) is 4.17. The number of nitrogens with zero attached hydrogens (tertiary/aromatic N) is 2. The largest absolute Gasteiger partial charge is 0.350 e. The number of aromatic nitrogens is 2. The van der Waals surface area contributed by atoms with Gasteiger partial charge in [0.1, 0.15) is 17.1 Å². The van der Waals surface area contributed by atoms with Gasteiger partial charge >= 0.3 is 5.69 Å². The fraction of sp³-hybridized carbons (Fsp3) is 0.136. The van der Waals surface area contributed by atoms with Crippen LogP contribution in [0.5, 0.6) is 0 Å². The molecule has 31 heavy (non-hydrogen) atoms. The van der Waals surface area contributed by atoms with Gasteiger partial charge in [0.15, 0.2) is 0 Å². The van der Waals surface area contributed by atoms with Crippen molar-refractivity contribution in [3.8, 4) is 5.69 Å². The molecule has 158 valence electrons. The molecule has 1 N–H and O–H groups in total. The second-order valence-corrected chi connectivity index (χ2v) is 8.33. The van der Waals surface area contributed by atoms with Crippen molar-refractivity contribution in [3.05, 3.63) is 96.7 Å². The quantitative estimate of drug-likeness (QED) is 0.497. The number of hydrogen-bond donors (Lipinski definition) is 1. The predicted molar refractivity (Wildman–Crippen MR) is 120 cm³/mol. The van der Waals surface area contributed by atoms with Crippen LogP contribution in [0.3, 0.4) is 0 Å². The lowest BCUT2D eigenvalue weighted by Crippen LogP contribution is -2.41. The van der Waals surface area contributed by atoms with Gasteiger partial charge in [-0.15, -0.1) is 11.3 Å². The van der Waals surface area contributed by atoms with Crippen molar-refractivity contribution in [2.75, 3.05) is 0 Å². The summed E-state index contributed by atoms with van der Waals surface area (Å²) in [7, 11) is 0. The van der Waals surface area contributed by atoms with Gasteiger partial charge in [0.05, 0.1) is 11.2 Å². The van der Waals surface area contributed by atoms with E-state index in [4.69, 9.17) is 11.6 Å². The molecular weight excluding hydrogens is 441 g/mol. The highest BCUT2D eigenvalue weighted by atomic mass is 35.5. The van der Waals surface area contributed by atoms with Crippen LogP contribution in [0.25, 0.3) is 15.9 Å². The predicted octanol–water partition coefficient (Wildman–Crippen LogP) is 3.63. The Morgan fingerprint density at radius 1 is 1.13 bits per heavy atom. The first-order valence-electron chi connectivity index (χ1n) is 9.36.